The van der Waals surface area contributed by atoms with Crippen LogP contribution in [-0.2, 0) is 17.9 Å². The van der Waals surface area contributed by atoms with E-state index >= 15 is 0 Å². The number of carbonyl (C=O) groups excluding carboxylic acids is 1. The van der Waals surface area contributed by atoms with Gasteiger partial charge < -0.3 is 15.0 Å². The molecule has 23 heavy (non-hydrogen) atoms. The van der Waals surface area contributed by atoms with Crippen molar-refractivity contribution in [3.8, 4) is 5.75 Å². The highest BCUT2D eigenvalue weighted by Crippen LogP contribution is 2.11. The molecule has 0 bridgehead atoms. The lowest BCUT2D eigenvalue weighted by atomic mass is 10.1. The number of rotatable bonds is 7. The molecule has 0 radical (unpaired) electrons. The number of hydrogen-bond donors (Lipinski definition) is 2. The Labute approximate surface area is 135 Å². The number of hydrogen-bond acceptors (Lipinski definition) is 2. The van der Waals surface area contributed by atoms with Crippen LogP contribution >= 0.6 is 0 Å². The van der Waals surface area contributed by atoms with Crippen molar-refractivity contribution in [1.29, 1.82) is 0 Å². The van der Waals surface area contributed by atoms with Crippen LogP contribution in [-0.4, -0.2) is 26.6 Å². The van der Waals surface area contributed by atoms with Crippen LogP contribution in [0.4, 0.5) is 4.39 Å². The number of amides is 1. The first-order valence-electron chi connectivity index (χ1n) is 7.55. The van der Waals surface area contributed by atoms with Gasteiger partial charge in [-0.25, -0.2) is 4.39 Å². The van der Waals surface area contributed by atoms with Gasteiger partial charge in [0.15, 0.2) is 6.61 Å². The summed E-state index contributed by atoms with van der Waals surface area (Å²) < 4.78 is 18.3. The van der Waals surface area contributed by atoms with Gasteiger partial charge in [-0.15, -0.1) is 0 Å². The van der Waals surface area contributed by atoms with E-state index in [1.54, 1.807) is 12.1 Å². The number of benzene rings is 2. The summed E-state index contributed by atoms with van der Waals surface area (Å²) in [4.78, 5) is 13.2. The predicted molar refractivity (Wildman–Crippen MR) is 86.7 cm³/mol. The Hall–Kier alpha value is -2.40. The summed E-state index contributed by atoms with van der Waals surface area (Å²) in [5.74, 6) is -0.277. The van der Waals surface area contributed by atoms with Gasteiger partial charge in [-0.05, 0) is 17.7 Å². The average Bonchev–Trinajstić information content (AvgIpc) is 2.51. The molecule has 2 rings (SSSR count). The van der Waals surface area contributed by atoms with Crippen molar-refractivity contribution in [3.05, 3.63) is 65.5 Å². The largest absolute Gasteiger partial charge is 0.484 e. The second-order valence-corrected chi connectivity index (χ2v) is 5.68. The highest BCUT2D eigenvalue weighted by atomic mass is 19.1. The Balaban J connectivity index is 1.85. The first-order valence-corrected chi connectivity index (χ1v) is 7.55. The van der Waals surface area contributed by atoms with E-state index < -0.39 is 0 Å². The molecule has 0 saturated heterocycles. The van der Waals surface area contributed by atoms with E-state index in [4.69, 9.17) is 4.74 Å². The van der Waals surface area contributed by atoms with Crippen molar-refractivity contribution in [1.82, 2.24) is 5.32 Å². The van der Waals surface area contributed by atoms with Crippen molar-refractivity contribution in [2.45, 2.75) is 13.1 Å². The lowest BCUT2D eigenvalue weighted by Crippen LogP contribution is -3.04. The maximum atomic E-state index is 13.0. The minimum atomic E-state index is -0.386. The van der Waals surface area contributed by atoms with Gasteiger partial charge in [0.25, 0.3) is 5.91 Å². The van der Waals surface area contributed by atoms with E-state index in [1.165, 1.54) is 22.6 Å². The van der Waals surface area contributed by atoms with Gasteiger partial charge in [-0.3, -0.25) is 4.79 Å². The number of nitrogens with one attached hydrogen (secondary N) is 2. The van der Waals surface area contributed by atoms with Gasteiger partial charge >= 0.3 is 0 Å². The number of quaternary nitrogens is 1. The van der Waals surface area contributed by atoms with Gasteiger partial charge in [0.05, 0.1) is 14.1 Å². The summed E-state index contributed by atoms with van der Waals surface area (Å²) in [5.41, 5.74) is 2.30. The van der Waals surface area contributed by atoms with E-state index in [0.29, 0.717) is 12.3 Å². The molecule has 1 amide bonds. The topological polar surface area (TPSA) is 42.8 Å². The van der Waals surface area contributed by atoms with Crippen molar-refractivity contribution >= 4 is 5.91 Å². The molecule has 0 atom stereocenters. The Bertz CT molecular complexity index is 659. The van der Waals surface area contributed by atoms with E-state index in [9.17, 15) is 9.18 Å². The summed E-state index contributed by atoms with van der Waals surface area (Å²) in [6, 6.07) is 13.8. The fourth-order valence-electron chi connectivity index (χ4n) is 2.23. The van der Waals surface area contributed by atoms with Crippen LogP contribution < -0.4 is 15.0 Å². The molecule has 2 aromatic carbocycles. The molecule has 0 aliphatic rings. The quantitative estimate of drug-likeness (QED) is 0.805. The molecule has 0 heterocycles. The van der Waals surface area contributed by atoms with Gasteiger partial charge in [-0.1, -0.05) is 30.3 Å². The molecule has 122 valence electrons. The highest BCUT2D eigenvalue weighted by molar-refractivity contribution is 5.77. The second-order valence-electron chi connectivity index (χ2n) is 5.68. The average molecular weight is 317 g/mol. The van der Waals surface area contributed by atoms with Crippen LogP contribution in [0.15, 0.2) is 48.5 Å². The highest BCUT2D eigenvalue weighted by Gasteiger charge is 2.08. The Kier molecular flexibility index (Phi) is 6.11. The van der Waals surface area contributed by atoms with Crippen LogP contribution in [0.2, 0.25) is 0 Å². The summed E-state index contributed by atoms with van der Waals surface area (Å²) in [5, 5.41) is 2.83. The molecule has 0 fully saturated rings. The molecule has 2 aromatic rings. The van der Waals surface area contributed by atoms with Crippen LogP contribution in [0, 0.1) is 5.82 Å². The molecule has 4 nitrogen and oxygen atoms in total. The SMILES string of the molecule is C[NH+](C)Cc1ccccc1CNC(=O)COc1cccc(F)c1. The Morgan fingerprint density at radius 2 is 1.87 bits per heavy atom. The lowest BCUT2D eigenvalue weighted by Gasteiger charge is -2.13. The molecular weight excluding hydrogens is 295 g/mol. The fourth-order valence-corrected chi connectivity index (χ4v) is 2.23. The molecule has 0 aliphatic heterocycles. The minimum Gasteiger partial charge on any atom is -0.484 e. The summed E-state index contributed by atoms with van der Waals surface area (Å²) >= 11 is 0. The maximum absolute atomic E-state index is 13.0. The number of halogens is 1. The molecule has 2 N–H and O–H groups in total. The van der Waals surface area contributed by atoms with Crippen LogP contribution in [0.5, 0.6) is 5.75 Å². The number of carbonyl (C=O) groups is 1. The van der Waals surface area contributed by atoms with Gasteiger partial charge in [-0.2, -0.15) is 0 Å². The van der Waals surface area contributed by atoms with Crippen molar-refractivity contribution in [2.75, 3.05) is 20.7 Å². The summed E-state index contributed by atoms with van der Waals surface area (Å²) in [6.45, 7) is 1.21. The van der Waals surface area contributed by atoms with Crippen LogP contribution in [0.25, 0.3) is 0 Å². The van der Waals surface area contributed by atoms with Gasteiger partial charge in [0.2, 0.25) is 0 Å². The summed E-state index contributed by atoms with van der Waals surface area (Å²) in [7, 11) is 4.17. The Morgan fingerprint density at radius 1 is 1.13 bits per heavy atom. The van der Waals surface area contributed by atoms with E-state index in [0.717, 1.165) is 12.1 Å². The second kappa shape index (κ2) is 8.29. The third-order valence-corrected chi connectivity index (χ3v) is 3.30. The van der Waals surface area contributed by atoms with Crippen LogP contribution in [0.3, 0.4) is 0 Å². The lowest BCUT2D eigenvalue weighted by molar-refractivity contribution is -0.872. The minimum absolute atomic E-state index is 0.134. The molecule has 0 spiro atoms. The Morgan fingerprint density at radius 3 is 2.57 bits per heavy atom. The zero-order chi connectivity index (χ0) is 16.7. The first-order chi connectivity index (χ1) is 11.0. The molecule has 0 saturated carbocycles. The predicted octanol–water partition coefficient (Wildman–Crippen LogP) is 1.17. The van der Waals surface area contributed by atoms with Gasteiger partial charge in [0, 0.05) is 18.2 Å². The first kappa shape index (κ1) is 17.0. The van der Waals surface area contributed by atoms with Crippen molar-refractivity contribution < 1.29 is 18.8 Å². The third-order valence-electron chi connectivity index (χ3n) is 3.30. The molecule has 0 unspecified atom stereocenters. The maximum Gasteiger partial charge on any atom is 0.258 e. The van der Waals surface area contributed by atoms with Crippen molar-refractivity contribution in [2.24, 2.45) is 0 Å². The zero-order valence-corrected chi connectivity index (χ0v) is 13.4. The van der Waals surface area contributed by atoms with Gasteiger partial charge in [0.1, 0.15) is 18.1 Å². The normalized spacial score (nSPS) is 10.6. The van der Waals surface area contributed by atoms with Crippen molar-refractivity contribution in [3.63, 3.8) is 0 Å². The number of ether oxygens (including phenoxy) is 1. The van der Waals surface area contributed by atoms with Crippen LogP contribution in [0.1, 0.15) is 11.1 Å². The third kappa shape index (κ3) is 5.71. The molecule has 0 aliphatic carbocycles. The standard InChI is InChI=1S/C18H21FN2O2/c1-21(2)12-15-7-4-3-6-14(15)11-20-18(22)13-23-17-9-5-8-16(19)10-17/h3-10H,11-13H2,1-2H3,(H,20,22)/p+1. The summed E-state index contributed by atoms with van der Waals surface area (Å²) in [6.07, 6.45) is 0. The molecular formula is C18H22FN2O2+. The van der Waals surface area contributed by atoms with E-state index in [2.05, 4.69) is 25.5 Å². The fraction of sp³-hybridized carbons (Fsp3) is 0.278. The molecule has 5 heteroatoms. The monoisotopic (exact) mass is 317 g/mol. The zero-order valence-electron chi connectivity index (χ0n) is 13.4. The molecule has 0 aromatic heterocycles. The smallest absolute Gasteiger partial charge is 0.258 e. The van der Waals surface area contributed by atoms with E-state index in [1.807, 2.05) is 18.2 Å². The van der Waals surface area contributed by atoms with E-state index in [-0.39, 0.29) is 18.3 Å².